The third-order valence-electron chi connectivity index (χ3n) is 4.81. The van der Waals surface area contributed by atoms with E-state index in [2.05, 4.69) is 15.7 Å². The van der Waals surface area contributed by atoms with Gasteiger partial charge in [0, 0.05) is 35.1 Å². The minimum absolute atomic E-state index is 0.152. The Morgan fingerprint density at radius 1 is 1.13 bits per heavy atom. The van der Waals surface area contributed by atoms with Gasteiger partial charge in [-0.3, -0.25) is 19.1 Å². The van der Waals surface area contributed by atoms with E-state index in [1.54, 1.807) is 62.5 Å². The van der Waals surface area contributed by atoms with E-state index in [0.717, 1.165) is 12.0 Å². The molecule has 0 spiro atoms. The highest BCUT2D eigenvalue weighted by atomic mass is 16.2. The molecule has 0 aliphatic carbocycles. The molecule has 2 aromatic carbocycles. The average Bonchev–Trinajstić information content (AvgIpc) is 3.23. The molecule has 2 heterocycles. The highest BCUT2D eigenvalue weighted by Gasteiger charge is 2.25. The predicted octanol–water partition coefficient (Wildman–Crippen LogP) is 3.06. The smallest absolute Gasteiger partial charge is 0.273 e. The van der Waals surface area contributed by atoms with Crippen molar-refractivity contribution in [3.05, 3.63) is 82.9 Å². The number of rotatable bonds is 4. The lowest BCUT2D eigenvalue weighted by Crippen LogP contribution is -2.16. The molecule has 1 aromatic heterocycles. The summed E-state index contributed by atoms with van der Waals surface area (Å²) in [5, 5.41) is 18.8. The van der Waals surface area contributed by atoms with Crippen molar-refractivity contribution in [2.75, 3.05) is 10.6 Å². The summed E-state index contributed by atoms with van der Waals surface area (Å²) in [7, 11) is 1.69. The summed E-state index contributed by atoms with van der Waals surface area (Å²) < 4.78 is 1.49. The number of aromatic nitrogens is 2. The van der Waals surface area contributed by atoms with E-state index in [0.29, 0.717) is 33.8 Å². The van der Waals surface area contributed by atoms with Crippen molar-refractivity contribution in [3.8, 4) is 0 Å². The molecular weight excluding hydrogens is 384 g/mol. The van der Waals surface area contributed by atoms with Crippen LogP contribution in [0, 0.1) is 6.92 Å². The largest absolute Gasteiger partial charge is 0.515 e. The summed E-state index contributed by atoms with van der Waals surface area (Å²) in [5.41, 5.74) is 3.52. The third-order valence-corrected chi connectivity index (χ3v) is 4.81. The Hall–Kier alpha value is -4.20. The van der Waals surface area contributed by atoms with Crippen molar-refractivity contribution in [3.63, 3.8) is 0 Å². The van der Waals surface area contributed by atoms with Gasteiger partial charge >= 0.3 is 0 Å². The molecule has 0 atom stereocenters. The monoisotopic (exact) mass is 402 g/mol. The lowest BCUT2D eigenvalue weighted by atomic mass is 9.99. The molecular formula is C22H18N4O4. The number of fused-ring (bicyclic) bond motifs is 1. The number of nitrogens with one attached hydrogen (secondary N) is 2. The van der Waals surface area contributed by atoms with Crippen molar-refractivity contribution >= 4 is 34.5 Å². The first-order chi connectivity index (χ1) is 14.4. The Balaban J connectivity index is 1.58. The van der Waals surface area contributed by atoms with Gasteiger partial charge in [-0.15, -0.1) is 0 Å². The van der Waals surface area contributed by atoms with Gasteiger partial charge in [0.05, 0.1) is 17.5 Å². The van der Waals surface area contributed by atoms with Crippen LogP contribution in [-0.2, 0) is 11.8 Å². The van der Waals surface area contributed by atoms with E-state index in [9.17, 15) is 19.5 Å². The summed E-state index contributed by atoms with van der Waals surface area (Å²) in [6.07, 6.45) is 0.749. The number of hydrogen-bond donors (Lipinski definition) is 3. The maximum Gasteiger partial charge on any atom is 0.273 e. The van der Waals surface area contributed by atoms with E-state index in [4.69, 9.17) is 0 Å². The molecule has 0 unspecified atom stereocenters. The first-order valence-electron chi connectivity index (χ1n) is 9.14. The van der Waals surface area contributed by atoms with E-state index in [1.807, 2.05) is 0 Å². The van der Waals surface area contributed by atoms with Gasteiger partial charge in [-0.25, -0.2) is 0 Å². The quantitative estimate of drug-likeness (QED) is 0.353. The van der Waals surface area contributed by atoms with Gasteiger partial charge in [0.15, 0.2) is 5.78 Å². The maximum absolute atomic E-state index is 12.9. The number of aliphatic hydroxyl groups excluding tert-OH is 1. The Labute approximate surface area is 171 Å². The van der Waals surface area contributed by atoms with Crippen molar-refractivity contribution in [2.24, 2.45) is 7.05 Å². The van der Waals surface area contributed by atoms with E-state index in [-0.39, 0.29) is 17.3 Å². The number of aryl methyl sites for hydroxylation is 2. The highest BCUT2D eigenvalue weighted by molar-refractivity contribution is 6.31. The summed E-state index contributed by atoms with van der Waals surface area (Å²) in [4.78, 5) is 37.3. The first-order valence-corrected chi connectivity index (χ1v) is 9.14. The number of ketones is 1. The van der Waals surface area contributed by atoms with Crippen LogP contribution in [0.25, 0.3) is 5.57 Å². The zero-order valence-electron chi connectivity index (χ0n) is 16.3. The van der Waals surface area contributed by atoms with Gasteiger partial charge in [0.2, 0.25) is 0 Å². The predicted molar refractivity (Wildman–Crippen MR) is 111 cm³/mol. The molecule has 3 aromatic rings. The van der Waals surface area contributed by atoms with Crippen LogP contribution in [0.4, 0.5) is 11.4 Å². The fourth-order valence-corrected chi connectivity index (χ4v) is 3.39. The lowest BCUT2D eigenvalue weighted by molar-refractivity contribution is -0.110. The highest BCUT2D eigenvalue weighted by Crippen LogP contribution is 2.32. The Morgan fingerprint density at radius 2 is 1.90 bits per heavy atom. The van der Waals surface area contributed by atoms with E-state index < -0.39 is 5.91 Å². The topological polar surface area (TPSA) is 113 Å². The average molecular weight is 402 g/mol. The zero-order chi connectivity index (χ0) is 21.4. The number of benzene rings is 2. The van der Waals surface area contributed by atoms with Crippen molar-refractivity contribution < 1.29 is 19.5 Å². The molecule has 1 aliphatic heterocycles. The minimum Gasteiger partial charge on any atom is -0.515 e. The second kappa shape index (κ2) is 7.32. The molecule has 30 heavy (non-hydrogen) atoms. The van der Waals surface area contributed by atoms with Crippen LogP contribution in [0.15, 0.2) is 54.8 Å². The molecule has 2 amide bonds. The summed E-state index contributed by atoms with van der Waals surface area (Å²) in [6, 6.07) is 13.1. The number of nitrogens with zero attached hydrogens (tertiary/aromatic N) is 2. The van der Waals surface area contributed by atoms with Crippen molar-refractivity contribution in [1.29, 1.82) is 0 Å². The van der Waals surface area contributed by atoms with Crippen LogP contribution < -0.4 is 10.6 Å². The molecule has 0 bridgehead atoms. The number of anilines is 2. The van der Waals surface area contributed by atoms with Gasteiger partial charge < -0.3 is 15.7 Å². The van der Waals surface area contributed by atoms with Crippen LogP contribution >= 0.6 is 0 Å². The Morgan fingerprint density at radius 3 is 2.60 bits per heavy atom. The molecule has 8 nitrogen and oxygen atoms in total. The molecule has 0 radical (unpaired) electrons. The van der Waals surface area contributed by atoms with Crippen LogP contribution in [0.5, 0.6) is 0 Å². The SMILES string of the molecule is Cc1cc(C(=O)Nc2cccc(C(=O)c3ccc4c(c3)NC(=O)/C4=C\O)c2)n(C)n1. The molecule has 3 N–H and O–H groups in total. The van der Waals surface area contributed by atoms with Gasteiger partial charge in [-0.05, 0) is 31.2 Å². The van der Waals surface area contributed by atoms with Crippen LogP contribution in [0.3, 0.4) is 0 Å². The van der Waals surface area contributed by atoms with E-state index in [1.165, 1.54) is 4.68 Å². The van der Waals surface area contributed by atoms with Gasteiger partial charge in [-0.1, -0.05) is 24.3 Å². The Bertz CT molecular complexity index is 1240. The standard InChI is InChI=1S/C22H18N4O4/c1-12-8-19(26(2)25-12)22(30)23-15-5-3-4-13(9-15)20(28)14-6-7-16-17(11-27)21(29)24-18(16)10-14/h3-11,27H,1-2H3,(H,23,30)(H,24,29)/b17-11-. The van der Waals surface area contributed by atoms with Crippen LogP contribution in [0.2, 0.25) is 0 Å². The number of carbonyl (C=O) groups is 3. The molecule has 4 rings (SSSR count). The van der Waals surface area contributed by atoms with Crippen LogP contribution in [0.1, 0.15) is 37.7 Å². The zero-order valence-corrected chi connectivity index (χ0v) is 16.3. The number of carbonyl (C=O) groups excluding carboxylic acids is 3. The molecule has 0 fully saturated rings. The number of aliphatic hydroxyl groups is 1. The normalized spacial score (nSPS) is 13.8. The second-order valence-corrected chi connectivity index (χ2v) is 6.92. The summed E-state index contributed by atoms with van der Waals surface area (Å²) in [6.45, 7) is 1.80. The number of amides is 2. The molecule has 8 heteroatoms. The molecule has 0 saturated heterocycles. The fraction of sp³-hybridized carbons (Fsp3) is 0.0909. The first kappa shape index (κ1) is 19.1. The molecule has 1 aliphatic rings. The summed E-state index contributed by atoms with van der Waals surface area (Å²) >= 11 is 0. The molecule has 0 saturated carbocycles. The maximum atomic E-state index is 12.9. The summed E-state index contributed by atoms with van der Waals surface area (Å²) in [5.74, 6) is -1.01. The lowest BCUT2D eigenvalue weighted by Gasteiger charge is -2.08. The second-order valence-electron chi connectivity index (χ2n) is 6.92. The van der Waals surface area contributed by atoms with Crippen molar-refractivity contribution in [1.82, 2.24) is 9.78 Å². The van der Waals surface area contributed by atoms with Crippen molar-refractivity contribution in [2.45, 2.75) is 6.92 Å². The third kappa shape index (κ3) is 3.35. The van der Waals surface area contributed by atoms with Gasteiger partial charge in [-0.2, -0.15) is 5.10 Å². The van der Waals surface area contributed by atoms with Gasteiger partial charge in [0.1, 0.15) is 5.69 Å². The van der Waals surface area contributed by atoms with Crippen LogP contribution in [-0.4, -0.2) is 32.5 Å². The number of hydrogen-bond acceptors (Lipinski definition) is 5. The molecule has 150 valence electrons. The van der Waals surface area contributed by atoms with Gasteiger partial charge in [0.25, 0.3) is 11.8 Å². The Kier molecular flexibility index (Phi) is 4.67. The van der Waals surface area contributed by atoms with E-state index >= 15 is 0 Å². The minimum atomic E-state index is -0.424. The fourth-order valence-electron chi connectivity index (χ4n) is 3.39.